The Morgan fingerprint density at radius 3 is 3.00 bits per heavy atom. The zero-order chi connectivity index (χ0) is 13.1. The highest BCUT2D eigenvalue weighted by atomic mass is 32.2. The van der Waals surface area contributed by atoms with Gasteiger partial charge in [0.2, 0.25) is 0 Å². The molecule has 1 N–H and O–H groups in total. The van der Waals surface area contributed by atoms with Crippen LogP contribution in [0.2, 0.25) is 0 Å². The molecule has 0 aromatic heterocycles. The molecule has 0 fully saturated rings. The molecular formula is C16H21NOS. The predicted molar refractivity (Wildman–Crippen MR) is 81.0 cm³/mol. The maximum Gasteiger partial charge on any atom is 0.133 e. The van der Waals surface area contributed by atoms with Crippen molar-refractivity contribution >= 4 is 11.8 Å². The molecule has 3 rings (SSSR count). The normalized spacial score (nSPS) is 24.1. The summed E-state index contributed by atoms with van der Waals surface area (Å²) in [4.78, 5) is 1.27. The first-order valence-corrected chi connectivity index (χ1v) is 8.11. The van der Waals surface area contributed by atoms with Crippen molar-refractivity contribution in [1.82, 2.24) is 5.32 Å². The van der Waals surface area contributed by atoms with Gasteiger partial charge in [0.1, 0.15) is 11.9 Å². The third kappa shape index (κ3) is 2.82. The molecule has 2 unspecified atom stereocenters. The molecule has 3 heteroatoms. The molecule has 1 aliphatic carbocycles. The Hall–Kier alpha value is -0.930. The lowest BCUT2D eigenvalue weighted by Gasteiger charge is -2.34. The number of nitrogens with one attached hydrogen (secondary N) is 1. The average molecular weight is 275 g/mol. The van der Waals surface area contributed by atoms with Gasteiger partial charge in [0, 0.05) is 10.6 Å². The number of rotatable bonds is 3. The van der Waals surface area contributed by atoms with Gasteiger partial charge >= 0.3 is 0 Å². The number of benzene rings is 1. The monoisotopic (exact) mass is 275 g/mol. The second-order valence-corrected chi connectivity index (χ2v) is 6.27. The summed E-state index contributed by atoms with van der Waals surface area (Å²) in [6.07, 6.45) is 7.76. The zero-order valence-corrected chi connectivity index (χ0v) is 12.2. The highest BCUT2D eigenvalue weighted by molar-refractivity contribution is 7.99. The van der Waals surface area contributed by atoms with Gasteiger partial charge in [0.15, 0.2) is 0 Å². The van der Waals surface area contributed by atoms with E-state index in [0.717, 1.165) is 11.5 Å². The fourth-order valence-electron chi connectivity index (χ4n) is 2.96. The minimum absolute atomic E-state index is 0.245. The summed E-state index contributed by atoms with van der Waals surface area (Å²) >= 11 is 1.91. The van der Waals surface area contributed by atoms with Gasteiger partial charge in [0.25, 0.3) is 0 Å². The van der Waals surface area contributed by atoms with Crippen molar-refractivity contribution in [3.63, 3.8) is 0 Å². The average Bonchev–Trinajstić information content (AvgIpc) is 2.49. The number of allylic oxidation sites excluding steroid dienone is 1. The van der Waals surface area contributed by atoms with Crippen molar-refractivity contribution in [2.45, 2.75) is 42.7 Å². The Labute approximate surface area is 119 Å². The van der Waals surface area contributed by atoms with Crippen molar-refractivity contribution in [3.05, 3.63) is 35.9 Å². The summed E-state index contributed by atoms with van der Waals surface area (Å²) in [5, 5.41) is 3.47. The van der Waals surface area contributed by atoms with E-state index in [1.165, 1.54) is 30.6 Å². The van der Waals surface area contributed by atoms with Crippen LogP contribution in [-0.4, -0.2) is 24.9 Å². The largest absolute Gasteiger partial charge is 0.486 e. The van der Waals surface area contributed by atoms with Gasteiger partial charge in [0.05, 0.1) is 6.04 Å². The molecule has 1 aliphatic heterocycles. The SMILES string of the molecule is CNC(C1=CCCCC1)C1CSc2ccccc2O1. The highest BCUT2D eigenvalue weighted by Crippen LogP contribution is 2.37. The van der Waals surface area contributed by atoms with Crippen molar-refractivity contribution in [1.29, 1.82) is 0 Å². The number of hydrogen-bond donors (Lipinski definition) is 1. The van der Waals surface area contributed by atoms with E-state index in [1.807, 2.05) is 11.8 Å². The summed E-state index contributed by atoms with van der Waals surface area (Å²) in [5.74, 6) is 2.07. The van der Waals surface area contributed by atoms with Crippen LogP contribution in [0.5, 0.6) is 5.75 Å². The smallest absolute Gasteiger partial charge is 0.133 e. The summed E-state index contributed by atoms with van der Waals surface area (Å²) in [5.41, 5.74) is 1.54. The molecule has 0 radical (unpaired) electrons. The Morgan fingerprint density at radius 1 is 1.32 bits per heavy atom. The lowest BCUT2D eigenvalue weighted by atomic mass is 9.91. The third-order valence-corrected chi connectivity index (χ3v) is 5.08. The summed E-state index contributed by atoms with van der Waals surface area (Å²) in [7, 11) is 2.05. The lowest BCUT2D eigenvalue weighted by molar-refractivity contribution is 0.182. The molecule has 2 aliphatic rings. The van der Waals surface area contributed by atoms with Gasteiger partial charge in [-0.25, -0.2) is 0 Å². The first-order valence-electron chi connectivity index (χ1n) is 7.13. The maximum atomic E-state index is 6.21. The summed E-state index contributed by atoms with van der Waals surface area (Å²) < 4.78 is 6.21. The van der Waals surface area contributed by atoms with Gasteiger partial charge in [-0.05, 0) is 44.9 Å². The topological polar surface area (TPSA) is 21.3 Å². The standard InChI is InChI=1S/C16H21NOS/c1-17-16(12-7-3-2-4-8-12)14-11-19-15-10-6-5-9-13(15)18-14/h5-7,9-10,14,16-17H,2-4,8,11H2,1H3. The zero-order valence-electron chi connectivity index (χ0n) is 11.4. The molecule has 0 bridgehead atoms. The Kier molecular flexibility index (Phi) is 4.14. The van der Waals surface area contributed by atoms with Gasteiger partial charge in [-0.3, -0.25) is 0 Å². The van der Waals surface area contributed by atoms with E-state index in [4.69, 9.17) is 4.74 Å². The lowest BCUT2D eigenvalue weighted by Crippen LogP contribution is -2.45. The van der Waals surface area contributed by atoms with Crippen LogP contribution in [0.3, 0.4) is 0 Å². The van der Waals surface area contributed by atoms with E-state index < -0.39 is 0 Å². The molecule has 0 saturated carbocycles. The third-order valence-electron chi connectivity index (χ3n) is 3.94. The van der Waals surface area contributed by atoms with Crippen molar-refractivity contribution in [3.8, 4) is 5.75 Å². The molecule has 2 nitrogen and oxygen atoms in total. The Balaban J connectivity index is 1.77. The van der Waals surface area contributed by atoms with Gasteiger partial charge < -0.3 is 10.1 Å². The molecular weight excluding hydrogens is 254 g/mol. The van der Waals surface area contributed by atoms with Crippen molar-refractivity contribution < 1.29 is 4.74 Å². The minimum atomic E-state index is 0.245. The van der Waals surface area contributed by atoms with Crippen LogP contribution in [0.15, 0.2) is 40.8 Å². The number of likely N-dealkylation sites (N-methyl/N-ethyl adjacent to an activating group) is 1. The Bertz CT molecular complexity index is 472. The molecule has 19 heavy (non-hydrogen) atoms. The predicted octanol–water partition coefficient (Wildman–Crippen LogP) is 3.63. The van der Waals surface area contributed by atoms with Gasteiger partial charge in [-0.2, -0.15) is 0 Å². The number of ether oxygens (including phenoxy) is 1. The van der Waals surface area contributed by atoms with E-state index >= 15 is 0 Å². The number of thioether (sulfide) groups is 1. The van der Waals surface area contributed by atoms with Crippen LogP contribution in [0.25, 0.3) is 0 Å². The molecule has 1 aromatic rings. The molecule has 1 heterocycles. The summed E-state index contributed by atoms with van der Waals surface area (Å²) in [6.45, 7) is 0. The van der Waals surface area contributed by atoms with E-state index in [2.05, 4.69) is 42.7 Å². The Morgan fingerprint density at radius 2 is 2.21 bits per heavy atom. The fraction of sp³-hybridized carbons (Fsp3) is 0.500. The minimum Gasteiger partial charge on any atom is -0.486 e. The van der Waals surface area contributed by atoms with Crippen LogP contribution in [0.4, 0.5) is 0 Å². The van der Waals surface area contributed by atoms with Crippen molar-refractivity contribution in [2.75, 3.05) is 12.8 Å². The van der Waals surface area contributed by atoms with Crippen molar-refractivity contribution in [2.24, 2.45) is 0 Å². The fourth-order valence-corrected chi connectivity index (χ4v) is 3.99. The first-order chi connectivity index (χ1) is 9.38. The summed E-state index contributed by atoms with van der Waals surface area (Å²) in [6, 6.07) is 8.72. The molecule has 0 amide bonds. The number of hydrogen-bond acceptors (Lipinski definition) is 3. The molecule has 2 atom stereocenters. The van der Waals surface area contributed by atoms with Gasteiger partial charge in [-0.15, -0.1) is 11.8 Å². The molecule has 0 saturated heterocycles. The van der Waals surface area contributed by atoms with Gasteiger partial charge in [-0.1, -0.05) is 23.8 Å². The number of para-hydroxylation sites is 1. The van der Waals surface area contributed by atoms with E-state index in [9.17, 15) is 0 Å². The van der Waals surface area contributed by atoms with Crippen LogP contribution in [0.1, 0.15) is 25.7 Å². The molecule has 0 spiro atoms. The second kappa shape index (κ2) is 6.02. The maximum absolute atomic E-state index is 6.21. The quantitative estimate of drug-likeness (QED) is 0.851. The molecule has 102 valence electrons. The van der Waals surface area contributed by atoms with Crippen LogP contribution >= 0.6 is 11.8 Å². The van der Waals surface area contributed by atoms with Crippen LogP contribution < -0.4 is 10.1 Å². The highest BCUT2D eigenvalue weighted by Gasteiger charge is 2.29. The van der Waals surface area contributed by atoms with Crippen LogP contribution in [0, 0.1) is 0 Å². The van der Waals surface area contributed by atoms with E-state index in [1.54, 1.807) is 5.57 Å². The van der Waals surface area contributed by atoms with E-state index in [-0.39, 0.29) is 6.10 Å². The second-order valence-electron chi connectivity index (χ2n) is 5.21. The first kappa shape index (κ1) is 13.1. The number of fused-ring (bicyclic) bond motifs is 1. The molecule has 1 aromatic carbocycles. The van der Waals surface area contributed by atoms with E-state index in [0.29, 0.717) is 6.04 Å². The van der Waals surface area contributed by atoms with Crippen LogP contribution in [-0.2, 0) is 0 Å².